The van der Waals surface area contributed by atoms with Crippen molar-refractivity contribution in [1.29, 1.82) is 0 Å². The van der Waals surface area contributed by atoms with Crippen LogP contribution in [0.4, 0.5) is 0 Å². The van der Waals surface area contributed by atoms with Crippen LogP contribution >= 0.6 is 11.8 Å². The Bertz CT molecular complexity index is 934. The van der Waals surface area contributed by atoms with Crippen molar-refractivity contribution in [3.63, 3.8) is 0 Å². The minimum atomic E-state index is -0.253. The average molecular weight is 425 g/mol. The summed E-state index contributed by atoms with van der Waals surface area (Å²) in [6.45, 7) is 3.32. The molecule has 1 atom stereocenters. The van der Waals surface area contributed by atoms with E-state index in [1.54, 1.807) is 6.26 Å². The zero-order chi connectivity index (χ0) is 20.8. The van der Waals surface area contributed by atoms with Gasteiger partial charge < -0.3 is 9.73 Å². The number of aromatic nitrogens is 3. The molecule has 1 amide bonds. The normalized spacial score (nSPS) is 15.8. The lowest BCUT2D eigenvalue weighted by Crippen LogP contribution is -2.35. The van der Waals surface area contributed by atoms with Crippen molar-refractivity contribution >= 4 is 17.7 Å². The number of carbonyl (C=O) groups excluding carboxylic acids is 1. The molecule has 4 rings (SSSR count). The first-order valence-electron chi connectivity index (χ1n) is 10.7. The summed E-state index contributed by atoms with van der Waals surface area (Å²) in [7, 11) is 0. The maximum atomic E-state index is 12.7. The average Bonchev–Trinajstić information content (AvgIpc) is 3.44. The summed E-state index contributed by atoms with van der Waals surface area (Å²) in [6, 6.07) is 13.9. The molecule has 0 aliphatic heterocycles. The Hall–Kier alpha value is -2.54. The van der Waals surface area contributed by atoms with Gasteiger partial charge in [0.25, 0.3) is 0 Å². The van der Waals surface area contributed by atoms with Gasteiger partial charge in [0.1, 0.15) is 0 Å². The Morgan fingerprint density at radius 3 is 2.70 bits per heavy atom. The summed E-state index contributed by atoms with van der Waals surface area (Å²) in [5.41, 5.74) is 1.14. The third kappa shape index (κ3) is 5.14. The summed E-state index contributed by atoms with van der Waals surface area (Å²) in [6.07, 6.45) is 7.96. The monoisotopic (exact) mass is 424 g/mol. The van der Waals surface area contributed by atoms with Crippen molar-refractivity contribution in [2.24, 2.45) is 5.92 Å². The fraction of sp³-hybridized carbons (Fsp3) is 0.435. The molecule has 158 valence electrons. The number of benzene rings is 1. The van der Waals surface area contributed by atoms with Gasteiger partial charge in [-0.1, -0.05) is 61.4 Å². The molecule has 1 aromatic carbocycles. The first-order chi connectivity index (χ1) is 14.7. The van der Waals surface area contributed by atoms with Crippen LogP contribution in [-0.4, -0.2) is 32.5 Å². The fourth-order valence-electron chi connectivity index (χ4n) is 3.86. The van der Waals surface area contributed by atoms with E-state index in [2.05, 4.69) is 27.6 Å². The Morgan fingerprint density at radius 2 is 1.97 bits per heavy atom. The van der Waals surface area contributed by atoms with Gasteiger partial charge in [0.2, 0.25) is 11.7 Å². The van der Waals surface area contributed by atoms with Gasteiger partial charge in [-0.15, -0.1) is 10.2 Å². The Labute approximate surface area is 181 Å². The molecule has 7 heteroatoms. The number of amides is 1. The second-order valence-electron chi connectivity index (χ2n) is 7.86. The van der Waals surface area contributed by atoms with Crippen molar-refractivity contribution in [2.45, 2.75) is 56.0 Å². The maximum Gasteiger partial charge on any atom is 0.233 e. The minimum absolute atomic E-state index is 0.0550. The van der Waals surface area contributed by atoms with Crippen LogP contribution in [0, 0.1) is 5.92 Å². The van der Waals surface area contributed by atoms with E-state index in [0.29, 0.717) is 29.2 Å². The standard InChI is InChI=1S/C23H28N4O2S/c1-17(22(28)24-15-18-9-4-2-5-10-18)30-23-26-25-21(20-13-8-14-29-20)27(23)16-19-11-6-3-7-12-19/h3,6-8,11-14,17-18H,2,4-5,9-10,15-16H2,1H3,(H,24,28). The number of rotatable bonds is 8. The molecule has 0 spiro atoms. The molecule has 1 unspecified atom stereocenters. The van der Waals surface area contributed by atoms with Gasteiger partial charge in [0.15, 0.2) is 10.9 Å². The number of hydrogen-bond donors (Lipinski definition) is 1. The summed E-state index contributed by atoms with van der Waals surface area (Å²) < 4.78 is 7.58. The van der Waals surface area contributed by atoms with Gasteiger partial charge in [0.05, 0.1) is 18.1 Å². The maximum absolute atomic E-state index is 12.7. The molecule has 1 aliphatic carbocycles. The number of furan rings is 1. The van der Waals surface area contributed by atoms with E-state index in [-0.39, 0.29) is 11.2 Å². The fourth-order valence-corrected chi connectivity index (χ4v) is 4.74. The lowest BCUT2D eigenvalue weighted by atomic mass is 9.89. The smallest absolute Gasteiger partial charge is 0.233 e. The summed E-state index contributed by atoms with van der Waals surface area (Å²) in [5.74, 6) is 2.01. The third-order valence-corrected chi connectivity index (χ3v) is 6.66. The molecule has 0 bridgehead atoms. The van der Waals surface area contributed by atoms with Gasteiger partial charge in [-0.05, 0) is 43.4 Å². The van der Waals surface area contributed by atoms with E-state index in [9.17, 15) is 4.79 Å². The number of hydrogen-bond acceptors (Lipinski definition) is 5. The van der Waals surface area contributed by atoms with E-state index in [0.717, 1.165) is 12.1 Å². The Morgan fingerprint density at radius 1 is 1.17 bits per heavy atom. The molecule has 1 aliphatic rings. The SMILES string of the molecule is CC(Sc1nnc(-c2ccco2)n1Cc1ccccc1)C(=O)NCC1CCCCC1. The van der Waals surface area contributed by atoms with Crippen LogP contribution in [0.5, 0.6) is 0 Å². The lowest BCUT2D eigenvalue weighted by molar-refractivity contribution is -0.120. The molecule has 2 heterocycles. The van der Waals surface area contributed by atoms with Crippen molar-refractivity contribution in [1.82, 2.24) is 20.1 Å². The molecule has 0 radical (unpaired) electrons. The van der Waals surface area contributed by atoms with Gasteiger partial charge >= 0.3 is 0 Å². The molecule has 3 aromatic rings. The van der Waals surface area contributed by atoms with Crippen LogP contribution in [0.1, 0.15) is 44.6 Å². The molecule has 1 N–H and O–H groups in total. The van der Waals surface area contributed by atoms with Crippen molar-refractivity contribution in [3.8, 4) is 11.6 Å². The van der Waals surface area contributed by atoms with Crippen LogP contribution in [0.15, 0.2) is 58.3 Å². The van der Waals surface area contributed by atoms with E-state index < -0.39 is 0 Å². The third-order valence-electron chi connectivity index (χ3n) is 5.58. The van der Waals surface area contributed by atoms with Crippen LogP contribution in [0.25, 0.3) is 11.6 Å². The predicted octanol–water partition coefficient (Wildman–Crippen LogP) is 4.76. The topological polar surface area (TPSA) is 73.0 Å². The zero-order valence-electron chi connectivity index (χ0n) is 17.3. The molecule has 0 saturated heterocycles. The first kappa shape index (κ1) is 20.7. The highest BCUT2D eigenvalue weighted by Gasteiger charge is 2.23. The van der Waals surface area contributed by atoms with E-state index in [1.165, 1.54) is 43.9 Å². The summed E-state index contributed by atoms with van der Waals surface area (Å²) in [5, 5.41) is 12.3. The van der Waals surface area contributed by atoms with Crippen LogP contribution in [0.2, 0.25) is 0 Å². The second kappa shape index (κ2) is 9.98. The lowest BCUT2D eigenvalue weighted by Gasteiger charge is -2.22. The van der Waals surface area contributed by atoms with Crippen molar-refractivity contribution < 1.29 is 9.21 Å². The minimum Gasteiger partial charge on any atom is -0.461 e. The number of nitrogens with zero attached hydrogens (tertiary/aromatic N) is 3. The van der Waals surface area contributed by atoms with Gasteiger partial charge in [-0.3, -0.25) is 9.36 Å². The summed E-state index contributed by atoms with van der Waals surface area (Å²) >= 11 is 1.44. The highest BCUT2D eigenvalue weighted by atomic mass is 32.2. The van der Waals surface area contributed by atoms with Crippen LogP contribution in [0.3, 0.4) is 0 Å². The predicted molar refractivity (Wildman–Crippen MR) is 118 cm³/mol. The van der Waals surface area contributed by atoms with Crippen LogP contribution in [-0.2, 0) is 11.3 Å². The number of carbonyl (C=O) groups is 1. The summed E-state index contributed by atoms with van der Waals surface area (Å²) in [4.78, 5) is 12.7. The Kier molecular flexibility index (Phi) is 6.89. The van der Waals surface area contributed by atoms with E-state index in [4.69, 9.17) is 4.42 Å². The largest absolute Gasteiger partial charge is 0.461 e. The van der Waals surface area contributed by atoms with E-state index >= 15 is 0 Å². The van der Waals surface area contributed by atoms with E-state index in [1.807, 2.05) is 41.8 Å². The van der Waals surface area contributed by atoms with Crippen LogP contribution < -0.4 is 5.32 Å². The highest BCUT2D eigenvalue weighted by Crippen LogP contribution is 2.28. The quantitative estimate of drug-likeness (QED) is 0.528. The molecule has 30 heavy (non-hydrogen) atoms. The highest BCUT2D eigenvalue weighted by molar-refractivity contribution is 8.00. The number of thioether (sulfide) groups is 1. The first-order valence-corrected chi connectivity index (χ1v) is 11.5. The van der Waals surface area contributed by atoms with Gasteiger partial charge in [-0.25, -0.2) is 0 Å². The molecule has 6 nitrogen and oxygen atoms in total. The molecular weight excluding hydrogens is 396 g/mol. The zero-order valence-corrected chi connectivity index (χ0v) is 18.1. The van der Waals surface area contributed by atoms with Crippen molar-refractivity contribution in [3.05, 3.63) is 54.3 Å². The van der Waals surface area contributed by atoms with Gasteiger partial charge in [-0.2, -0.15) is 0 Å². The second-order valence-corrected chi connectivity index (χ2v) is 9.17. The Balaban J connectivity index is 1.46. The molecule has 2 aromatic heterocycles. The van der Waals surface area contributed by atoms with Gasteiger partial charge in [0, 0.05) is 6.54 Å². The molecule has 1 saturated carbocycles. The number of nitrogens with one attached hydrogen (secondary N) is 1. The van der Waals surface area contributed by atoms with Crippen molar-refractivity contribution in [2.75, 3.05) is 6.54 Å². The molecule has 1 fully saturated rings. The molecular formula is C23H28N4O2S.